The van der Waals surface area contributed by atoms with Gasteiger partial charge < -0.3 is 14.8 Å². The summed E-state index contributed by atoms with van der Waals surface area (Å²) in [5, 5.41) is 4.54. The van der Waals surface area contributed by atoms with Gasteiger partial charge in [0.05, 0.1) is 17.8 Å². The molecule has 2 aliphatic rings. The number of hydrogen-bond donors (Lipinski definition) is 1. The average Bonchev–Trinajstić information content (AvgIpc) is 3.32. The van der Waals surface area contributed by atoms with Crippen LogP contribution in [0.5, 0.6) is 0 Å². The van der Waals surface area contributed by atoms with Crippen molar-refractivity contribution in [1.82, 2.24) is 19.8 Å². The Kier molecular flexibility index (Phi) is 6.01. The molecule has 3 aromatic rings. The van der Waals surface area contributed by atoms with E-state index in [9.17, 15) is 0 Å². The van der Waals surface area contributed by atoms with Crippen molar-refractivity contribution >= 4 is 17.3 Å². The van der Waals surface area contributed by atoms with Crippen LogP contribution < -0.4 is 5.32 Å². The van der Waals surface area contributed by atoms with Gasteiger partial charge in [0.25, 0.3) is 0 Å². The molecule has 0 spiro atoms. The van der Waals surface area contributed by atoms with Crippen molar-refractivity contribution in [3.8, 4) is 0 Å². The van der Waals surface area contributed by atoms with E-state index >= 15 is 0 Å². The van der Waals surface area contributed by atoms with E-state index in [1.807, 2.05) is 12.3 Å². The maximum Gasteiger partial charge on any atom is 0.170 e. The van der Waals surface area contributed by atoms with E-state index in [1.54, 1.807) is 0 Å². The maximum absolute atomic E-state index is 5.94. The summed E-state index contributed by atoms with van der Waals surface area (Å²) in [4.78, 5) is 7.24. The molecule has 2 atom stereocenters. The molecule has 5 heteroatoms. The van der Waals surface area contributed by atoms with Crippen LogP contribution in [0.4, 0.5) is 0 Å². The third-order valence-electron chi connectivity index (χ3n) is 7.22. The molecular formula is C27H32N4S. The SMILES string of the molecule is Cc1cc([C@H]2[C@@H](c3ccccn3)NC(=S)N2C2CCCCC2)c(C)n1Cc1ccccc1. The van der Waals surface area contributed by atoms with Crippen molar-refractivity contribution < 1.29 is 0 Å². The van der Waals surface area contributed by atoms with Gasteiger partial charge in [0.2, 0.25) is 0 Å². The van der Waals surface area contributed by atoms with Gasteiger partial charge in [-0.1, -0.05) is 55.7 Å². The van der Waals surface area contributed by atoms with Crippen molar-refractivity contribution in [1.29, 1.82) is 0 Å². The molecule has 1 saturated heterocycles. The fraction of sp³-hybridized carbons (Fsp3) is 0.407. The zero-order valence-electron chi connectivity index (χ0n) is 19.0. The summed E-state index contributed by atoms with van der Waals surface area (Å²) in [6.07, 6.45) is 8.24. The van der Waals surface area contributed by atoms with E-state index < -0.39 is 0 Å². The van der Waals surface area contributed by atoms with Gasteiger partial charge in [-0.3, -0.25) is 4.98 Å². The van der Waals surface area contributed by atoms with Crippen LogP contribution >= 0.6 is 12.2 Å². The Bertz CT molecular complexity index is 1070. The summed E-state index contributed by atoms with van der Waals surface area (Å²) in [7, 11) is 0. The number of nitrogens with zero attached hydrogens (tertiary/aromatic N) is 3. The lowest BCUT2D eigenvalue weighted by Gasteiger charge is -2.37. The Morgan fingerprint density at radius 1 is 1.00 bits per heavy atom. The van der Waals surface area contributed by atoms with Gasteiger partial charge in [-0.25, -0.2) is 0 Å². The second-order valence-electron chi connectivity index (χ2n) is 9.22. The normalized spacial score (nSPS) is 21.7. The number of aromatic nitrogens is 2. The predicted molar refractivity (Wildman–Crippen MR) is 134 cm³/mol. The lowest BCUT2D eigenvalue weighted by Crippen LogP contribution is -2.40. The molecule has 2 fully saturated rings. The first-order valence-corrected chi connectivity index (χ1v) is 12.2. The fourth-order valence-electron chi connectivity index (χ4n) is 5.59. The number of hydrogen-bond acceptors (Lipinski definition) is 2. The first kappa shape index (κ1) is 21.2. The van der Waals surface area contributed by atoms with Crippen LogP contribution in [0.15, 0.2) is 60.8 Å². The van der Waals surface area contributed by atoms with Crippen molar-refractivity contribution in [3.05, 3.63) is 89.0 Å². The van der Waals surface area contributed by atoms with E-state index in [-0.39, 0.29) is 12.1 Å². The number of aryl methyl sites for hydroxylation is 1. The Morgan fingerprint density at radius 2 is 1.75 bits per heavy atom. The Morgan fingerprint density at radius 3 is 2.47 bits per heavy atom. The Balaban J connectivity index is 1.56. The van der Waals surface area contributed by atoms with Gasteiger partial charge in [-0.2, -0.15) is 0 Å². The standard InChI is InChI=1S/C27H32N4S/c1-19-17-23(20(2)30(19)18-21-11-5-3-6-12-21)26-25(24-15-9-10-16-28-24)29-27(32)31(26)22-13-7-4-8-14-22/h3,5-6,9-12,15-17,22,25-26H,4,7-8,13-14,18H2,1-2H3,(H,29,32)/t25-,26+/m1/s1. The first-order chi connectivity index (χ1) is 15.6. The fourth-order valence-corrected chi connectivity index (χ4v) is 5.98. The van der Waals surface area contributed by atoms with Crippen LogP contribution in [-0.2, 0) is 6.54 Å². The second-order valence-corrected chi connectivity index (χ2v) is 9.61. The highest BCUT2D eigenvalue weighted by molar-refractivity contribution is 7.80. The van der Waals surface area contributed by atoms with Crippen molar-refractivity contribution in [3.63, 3.8) is 0 Å². The molecular weight excluding hydrogens is 412 g/mol. The van der Waals surface area contributed by atoms with E-state index in [0.717, 1.165) is 17.4 Å². The third-order valence-corrected chi connectivity index (χ3v) is 7.55. The van der Waals surface area contributed by atoms with Gasteiger partial charge in [-0.15, -0.1) is 0 Å². The van der Waals surface area contributed by atoms with Crippen LogP contribution in [0.2, 0.25) is 0 Å². The molecule has 0 bridgehead atoms. The largest absolute Gasteiger partial charge is 0.352 e. The van der Waals surface area contributed by atoms with Crippen LogP contribution in [-0.4, -0.2) is 25.6 Å². The summed E-state index contributed by atoms with van der Waals surface area (Å²) >= 11 is 5.94. The predicted octanol–water partition coefficient (Wildman–Crippen LogP) is 5.85. The van der Waals surface area contributed by atoms with E-state index in [4.69, 9.17) is 17.2 Å². The molecule has 166 valence electrons. The topological polar surface area (TPSA) is 33.1 Å². The maximum atomic E-state index is 5.94. The smallest absolute Gasteiger partial charge is 0.170 e. The first-order valence-electron chi connectivity index (χ1n) is 11.8. The minimum atomic E-state index is 0.0660. The van der Waals surface area contributed by atoms with Gasteiger partial charge in [0, 0.05) is 30.2 Å². The summed E-state index contributed by atoms with van der Waals surface area (Å²) in [6.45, 7) is 5.38. The Hall–Kier alpha value is -2.66. The molecule has 1 N–H and O–H groups in total. The van der Waals surface area contributed by atoms with Gasteiger partial charge in [0.1, 0.15) is 0 Å². The summed E-state index contributed by atoms with van der Waals surface area (Å²) in [6, 6.07) is 20.0. The summed E-state index contributed by atoms with van der Waals surface area (Å²) in [5.41, 5.74) is 6.37. The minimum absolute atomic E-state index is 0.0660. The van der Waals surface area contributed by atoms with Crippen LogP contribution in [0.25, 0.3) is 0 Å². The summed E-state index contributed by atoms with van der Waals surface area (Å²) < 4.78 is 2.45. The highest BCUT2D eigenvalue weighted by Crippen LogP contribution is 2.44. The zero-order valence-corrected chi connectivity index (χ0v) is 19.8. The van der Waals surface area contributed by atoms with Crippen molar-refractivity contribution in [2.75, 3.05) is 0 Å². The lowest BCUT2D eigenvalue weighted by molar-refractivity contribution is 0.196. The van der Waals surface area contributed by atoms with Crippen molar-refractivity contribution in [2.45, 2.75) is 70.6 Å². The highest BCUT2D eigenvalue weighted by Gasteiger charge is 2.44. The molecule has 1 aliphatic heterocycles. The molecule has 0 radical (unpaired) electrons. The molecule has 3 heterocycles. The average molecular weight is 445 g/mol. The number of rotatable bonds is 5. The molecule has 1 aromatic carbocycles. The molecule has 4 nitrogen and oxygen atoms in total. The van der Waals surface area contributed by atoms with Crippen LogP contribution in [0, 0.1) is 13.8 Å². The van der Waals surface area contributed by atoms with E-state index in [1.165, 1.54) is 54.6 Å². The molecule has 5 rings (SSSR count). The number of benzene rings is 1. The van der Waals surface area contributed by atoms with Crippen molar-refractivity contribution in [2.24, 2.45) is 0 Å². The highest BCUT2D eigenvalue weighted by atomic mass is 32.1. The lowest BCUT2D eigenvalue weighted by atomic mass is 9.90. The Labute approximate surface area is 196 Å². The molecule has 0 unspecified atom stereocenters. The number of pyridine rings is 1. The number of thiocarbonyl (C=S) groups is 1. The molecule has 32 heavy (non-hydrogen) atoms. The monoisotopic (exact) mass is 444 g/mol. The third kappa shape index (κ3) is 3.95. The van der Waals surface area contributed by atoms with E-state index in [0.29, 0.717) is 6.04 Å². The summed E-state index contributed by atoms with van der Waals surface area (Å²) in [5.74, 6) is 0. The van der Waals surface area contributed by atoms with Crippen LogP contribution in [0.3, 0.4) is 0 Å². The van der Waals surface area contributed by atoms with E-state index in [2.05, 4.69) is 77.2 Å². The molecule has 1 aliphatic carbocycles. The molecule has 2 aromatic heterocycles. The number of nitrogens with one attached hydrogen (secondary N) is 1. The molecule has 0 amide bonds. The molecule has 1 saturated carbocycles. The quantitative estimate of drug-likeness (QED) is 0.500. The zero-order chi connectivity index (χ0) is 22.1. The minimum Gasteiger partial charge on any atom is -0.352 e. The van der Waals surface area contributed by atoms with Gasteiger partial charge in [-0.05, 0) is 68.2 Å². The van der Waals surface area contributed by atoms with Gasteiger partial charge in [0.15, 0.2) is 5.11 Å². The van der Waals surface area contributed by atoms with Gasteiger partial charge >= 0.3 is 0 Å². The second kappa shape index (κ2) is 9.07. The van der Waals surface area contributed by atoms with Crippen LogP contribution in [0.1, 0.15) is 72.4 Å².